The van der Waals surface area contributed by atoms with Crippen molar-refractivity contribution in [1.82, 2.24) is 24.5 Å². The number of nitrogens with two attached hydrogens (primary N) is 1. The molecule has 0 spiro atoms. The number of nitrogens with one attached hydrogen (secondary N) is 1. The Labute approximate surface area is 178 Å². The summed E-state index contributed by atoms with van der Waals surface area (Å²) in [5.41, 5.74) is 6.24. The number of rotatable bonds is 4. The van der Waals surface area contributed by atoms with E-state index in [-0.39, 0.29) is 12.1 Å². The van der Waals surface area contributed by atoms with Gasteiger partial charge in [0.2, 0.25) is 5.60 Å². The molecule has 4 N–H and O–H groups in total. The van der Waals surface area contributed by atoms with Gasteiger partial charge >= 0.3 is 0 Å². The second-order valence-corrected chi connectivity index (χ2v) is 7.37. The minimum Gasteiger partial charge on any atom is -0.369 e. The van der Waals surface area contributed by atoms with Crippen LogP contribution in [0.5, 0.6) is 0 Å². The first-order valence-corrected chi connectivity index (χ1v) is 9.52. The van der Waals surface area contributed by atoms with Gasteiger partial charge in [0.05, 0.1) is 29.5 Å². The number of carbonyl (C=O) groups is 2. The number of amides is 2. The van der Waals surface area contributed by atoms with Crippen LogP contribution in [0.25, 0.3) is 5.69 Å². The van der Waals surface area contributed by atoms with Crippen molar-refractivity contribution in [2.24, 2.45) is 12.8 Å². The van der Waals surface area contributed by atoms with Crippen LogP contribution in [0.15, 0.2) is 42.9 Å². The number of likely N-dealkylation sites (N-methyl/N-ethyl adjacent to an activating group) is 1. The van der Waals surface area contributed by atoms with E-state index in [4.69, 9.17) is 5.73 Å². The van der Waals surface area contributed by atoms with Crippen molar-refractivity contribution >= 4 is 23.2 Å². The molecule has 158 valence electrons. The van der Waals surface area contributed by atoms with Crippen LogP contribution in [-0.4, -0.2) is 60.6 Å². The van der Waals surface area contributed by atoms with Gasteiger partial charge in [0.15, 0.2) is 5.69 Å². The molecule has 10 nitrogen and oxygen atoms in total. The lowest BCUT2D eigenvalue weighted by molar-refractivity contribution is -0.137. The third kappa shape index (κ3) is 3.99. The number of likely N-dealkylation sites (tertiary alicyclic amines) is 1. The molecule has 0 saturated carbocycles. The molecule has 1 aromatic carbocycles. The molecule has 31 heavy (non-hydrogen) atoms. The molecule has 4 rings (SSSR count). The molecule has 2 aromatic heterocycles. The second-order valence-electron chi connectivity index (χ2n) is 7.37. The highest BCUT2D eigenvalue weighted by molar-refractivity contribution is 5.97. The minimum atomic E-state index is -1.67. The highest BCUT2D eigenvalue weighted by Gasteiger charge is 2.42. The molecule has 1 aliphatic heterocycles. The number of aromatic nitrogens is 4. The largest absolute Gasteiger partial charge is 0.369 e. The average Bonchev–Trinajstić information content (AvgIpc) is 3.42. The summed E-state index contributed by atoms with van der Waals surface area (Å²) in [5, 5.41) is 21.9. The van der Waals surface area contributed by atoms with Crippen LogP contribution in [0.4, 0.5) is 11.4 Å². The summed E-state index contributed by atoms with van der Waals surface area (Å²) < 4.78 is 3.13. The molecular weight excluding hydrogens is 398 g/mol. The lowest BCUT2D eigenvalue weighted by atomic mass is 10.0. The molecular formula is C21H21N7O3. The fourth-order valence-electron chi connectivity index (χ4n) is 3.29. The van der Waals surface area contributed by atoms with E-state index in [2.05, 4.69) is 27.4 Å². The Morgan fingerprint density at radius 1 is 1.32 bits per heavy atom. The van der Waals surface area contributed by atoms with Gasteiger partial charge in [-0.3, -0.25) is 14.3 Å². The Morgan fingerprint density at radius 2 is 2.13 bits per heavy atom. The Bertz CT molecular complexity index is 1230. The molecule has 1 saturated heterocycles. The number of carbonyl (C=O) groups excluding carboxylic acids is 2. The topological polar surface area (TPSA) is 131 Å². The van der Waals surface area contributed by atoms with Crippen LogP contribution in [0, 0.1) is 11.8 Å². The third-order valence-electron chi connectivity index (χ3n) is 4.97. The first kappa shape index (κ1) is 20.2. The van der Waals surface area contributed by atoms with Crippen LogP contribution < -0.4 is 11.1 Å². The molecule has 1 atom stereocenters. The van der Waals surface area contributed by atoms with Gasteiger partial charge in [0, 0.05) is 38.8 Å². The Kier molecular flexibility index (Phi) is 4.96. The fourth-order valence-corrected chi connectivity index (χ4v) is 3.29. The molecule has 0 aliphatic carbocycles. The molecule has 3 heterocycles. The third-order valence-corrected chi connectivity index (χ3v) is 4.97. The van der Waals surface area contributed by atoms with Gasteiger partial charge in [-0.25, -0.2) is 4.68 Å². The van der Waals surface area contributed by atoms with E-state index < -0.39 is 17.4 Å². The van der Waals surface area contributed by atoms with Crippen LogP contribution in [0.1, 0.15) is 22.5 Å². The Morgan fingerprint density at radius 3 is 2.77 bits per heavy atom. The van der Waals surface area contributed by atoms with Crippen molar-refractivity contribution in [3.05, 3.63) is 54.1 Å². The first-order chi connectivity index (χ1) is 14.7. The van der Waals surface area contributed by atoms with Gasteiger partial charge < -0.3 is 21.1 Å². The lowest BCUT2D eigenvalue weighted by Crippen LogP contribution is -2.37. The highest BCUT2D eigenvalue weighted by Crippen LogP contribution is 2.23. The van der Waals surface area contributed by atoms with Crippen LogP contribution in [0.3, 0.4) is 0 Å². The molecule has 0 radical (unpaired) electrons. The van der Waals surface area contributed by atoms with Gasteiger partial charge in [-0.2, -0.15) is 10.2 Å². The number of hydrogen-bond acceptors (Lipinski definition) is 6. The summed E-state index contributed by atoms with van der Waals surface area (Å²) in [4.78, 5) is 25.4. The summed E-state index contributed by atoms with van der Waals surface area (Å²) in [6.07, 6.45) is 5.28. The maximum absolute atomic E-state index is 12.1. The van der Waals surface area contributed by atoms with Gasteiger partial charge in [0.25, 0.3) is 11.8 Å². The first-order valence-electron chi connectivity index (χ1n) is 9.52. The molecule has 3 aromatic rings. The molecule has 1 aliphatic rings. The monoisotopic (exact) mass is 419 g/mol. The van der Waals surface area contributed by atoms with Gasteiger partial charge in [-0.15, -0.1) is 0 Å². The average molecular weight is 419 g/mol. The zero-order valence-electron chi connectivity index (χ0n) is 17.0. The normalized spacial score (nSPS) is 18.0. The maximum Gasteiger partial charge on any atom is 0.271 e. The summed E-state index contributed by atoms with van der Waals surface area (Å²) in [6, 6.07) is 7.06. The number of aliphatic hydroxyl groups is 1. The van der Waals surface area contributed by atoms with Gasteiger partial charge in [-0.05, 0) is 18.2 Å². The van der Waals surface area contributed by atoms with E-state index in [1.165, 1.54) is 9.58 Å². The molecule has 0 bridgehead atoms. The maximum atomic E-state index is 12.1. The minimum absolute atomic E-state index is 0.0780. The molecule has 1 fully saturated rings. The van der Waals surface area contributed by atoms with Crippen LogP contribution >= 0.6 is 0 Å². The van der Waals surface area contributed by atoms with E-state index >= 15 is 0 Å². The number of benzene rings is 1. The number of anilines is 2. The van der Waals surface area contributed by atoms with Crippen molar-refractivity contribution in [3.63, 3.8) is 0 Å². The van der Waals surface area contributed by atoms with Crippen molar-refractivity contribution in [2.45, 2.75) is 12.0 Å². The predicted octanol–water partition coefficient (Wildman–Crippen LogP) is 0.393. The van der Waals surface area contributed by atoms with E-state index in [0.717, 1.165) is 0 Å². The number of aryl methyl sites for hydroxylation is 1. The van der Waals surface area contributed by atoms with Gasteiger partial charge in [0.1, 0.15) is 0 Å². The quantitative estimate of drug-likeness (QED) is 0.525. The van der Waals surface area contributed by atoms with E-state index in [9.17, 15) is 14.7 Å². The molecule has 2 amide bonds. The number of primary amides is 1. The summed E-state index contributed by atoms with van der Waals surface area (Å²) >= 11 is 0. The smallest absolute Gasteiger partial charge is 0.271 e. The second kappa shape index (κ2) is 7.62. The standard InChI is InChI=1S/C21H21N7O3/c1-26-9-8-21(31,20(26)30)7-6-14-4-3-5-16(10-14)28-13-17(18(25-28)19(22)29)24-15-11-23-27(2)12-15/h3-5,10-13,24,31H,8-9H2,1-2H3,(H2,22,29)/t21-/m0/s1. The predicted molar refractivity (Wildman–Crippen MR) is 113 cm³/mol. The van der Waals surface area contributed by atoms with Crippen molar-refractivity contribution in [1.29, 1.82) is 0 Å². The zero-order chi connectivity index (χ0) is 22.2. The molecule has 0 unspecified atom stereocenters. The zero-order valence-corrected chi connectivity index (χ0v) is 17.0. The van der Waals surface area contributed by atoms with E-state index in [1.807, 2.05) is 0 Å². The summed E-state index contributed by atoms with van der Waals surface area (Å²) in [5.74, 6) is 4.48. The SMILES string of the molecule is CN1CC[C@@](O)(C#Cc2cccc(-n3cc(Nc4cnn(C)c4)c(C(N)=O)n3)c2)C1=O. The molecule has 10 heteroatoms. The van der Waals surface area contributed by atoms with E-state index in [0.29, 0.717) is 29.2 Å². The van der Waals surface area contributed by atoms with Crippen molar-refractivity contribution in [3.8, 4) is 17.5 Å². The highest BCUT2D eigenvalue weighted by atomic mass is 16.3. The van der Waals surface area contributed by atoms with Gasteiger partial charge in [-0.1, -0.05) is 17.9 Å². The Hall–Kier alpha value is -4.10. The Balaban J connectivity index is 1.64. The van der Waals surface area contributed by atoms with Crippen LogP contribution in [0.2, 0.25) is 0 Å². The lowest BCUT2D eigenvalue weighted by Gasteiger charge is -2.13. The summed E-state index contributed by atoms with van der Waals surface area (Å²) in [6.45, 7) is 0.458. The number of hydrogen-bond donors (Lipinski definition) is 3. The summed E-state index contributed by atoms with van der Waals surface area (Å²) in [7, 11) is 3.41. The number of nitrogens with zero attached hydrogens (tertiary/aromatic N) is 5. The van der Waals surface area contributed by atoms with Crippen LogP contribution in [-0.2, 0) is 11.8 Å². The van der Waals surface area contributed by atoms with Crippen molar-refractivity contribution < 1.29 is 14.7 Å². The fraction of sp³-hybridized carbons (Fsp3) is 0.238. The van der Waals surface area contributed by atoms with Crippen molar-refractivity contribution in [2.75, 3.05) is 18.9 Å². The van der Waals surface area contributed by atoms with E-state index in [1.54, 1.807) is 61.6 Å².